The third-order valence-corrected chi connectivity index (χ3v) is 3.94. The summed E-state index contributed by atoms with van der Waals surface area (Å²) in [5, 5.41) is 8.73. The maximum Gasteiger partial charge on any atom is 0.282 e. The van der Waals surface area contributed by atoms with Crippen LogP contribution in [0.15, 0.2) is 0 Å². The fourth-order valence-corrected chi connectivity index (χ4v) is 1.71. The van der Waals surface area contributed by atoms with Gasteiger partial charge in [-0.15, -0.1) is 0 Å². The van der Waals surface area contributed by atoms with E-state index in [2.05, 4.69) is 0 Å². The summed E-state index contributed by atoms with van der Waals surface area (Å²) < 4.78 is 25.2. The minimum Gasteiger partial charge on any atom is -0.196 e. The van der Waals surface area contributed by atoms with Crippen LogP contribution in [-0.2, 0) is 10.2 Å². The van der Waals surface area contributed by atoms with E-state index in [0.717, 1.165) is 8.61 Å². The van der Waals surface area contributed by atoms with Crippen LogP contribution in [0.25, 0.3) is 0 Å². The summed E-state index contributed by atoms with van der Waals surface area (Å²) >= 11 is 0. The third kappa shape index (κ3) is 2.40. The molecule has 0 saturated heterocycles. The highest BCUT2D eigenvalue weighted by Crippen LogP contribution is 2.16. The van der Waals surface area contributed by atoms with Gasteiger partial charge in [0.2, 0.25) is 0 Å². The lowest BCUT2D eigenvalue weighted by Crippen LogP contribution is -2.48. The fraction of sp³-hybridized carbons (Fsp3) is 0.857. The molecule has 0 rings (SSSR count). The van der Waals surface area contributed by atoms with Crippen molar-refractivity contribution in [2.45, 2.75) is 19.4 Å². The molecule has 0 aromatic carbocycles. The summed E-state index contributed by atoms with van der Waals surface area (Å²) in [6.45, 7) is 3.10. The number of hydrogen-bond acceptors (Lipinski definition) is 3. The average molecular weight is 205 g/mol. The summed E-state index contributed by atoms with van der Waals surface area (Å²) in [7, 11) is 0.745. The van der Waals surface area contributed by atoms with E-state index < -0.39 is 15.7 Å². The first kappa shape index (κ1) is 12.4. The number of rotatable bonds is 3. The van der Waals surface area contributed by atoms with Crippen LogP contribution in [0.5, 0.6) is 0 Å². The normalized spacial score (nSPS) is 13.4. The Labute approximate surface area is 79.7 Å². The number of nitriles is 1. The van der Waals surface area contributed by atoms with Gasteiger partial charge in [0, 0.05) is 21.1 Å². The standard InChI is InChI=1S/C7H15N3O2S/c1-7(2,6-8)10(5)13(11,12)9(3)4/h1-5H3. The minimum atomic E-state index is -3.50. The maximum atomic E-state index is 11.5. The number of nitrogens with zero attached hydrogens (tertiary/aromatic N) is 3. The number of hydrogen-bond donors (Lipinski definition) is 0. The average Bonchev–Trinajstić information content (AvgIpc) is 2.02. The molecule has 0 amide bonds. The van der Waals surface area contributed by atoms with Crippen LogP contribution in [0.1, 0.15) is 13.8 Å². The van der Waals surface area contributed by atoms with Gasteiger partial charge in [-0.3, -0.25) is 0 Å². The lowest BCUT2D eigenvalue weighted by atomic mass is 10.1. The first-order chi connectivity index (χ1) is 5.66. The zero-order valence-corrected chi connectivity index (χ0v) is 9.38. The van der Waals surface area contributed by atoms with Gasteiger partial charge in [-0.25, -0.2) is 0 Å². The monoisotopic (exact) mass is 205 g/mol. The van der Waals surface area contributed by atoms with E-state index in [9.17, 15) is 8.42 Å². The quantitative estimate of drug-likeness (QED) is 0.652. The van der Waals surface area contributed by atoms with E-state index in [1.807, 2.05) is 6.07 Å². The van der Waals surface area contributed by atoms with Gasteiger partial charge in [0.15, 0.2) is 0 Å². The molecule has 0 heterocycles. The molecule has 0 unspecified atom stereocenters. The Morgan fingerprint density at radius 1 is 1.23 bits per heavy atom. The molecule has 5 nitrogen and oxygen atoms in total. The lowest BCUT2D eigenvalue weighted by Gasteiger charge is -2.30. The molecule has 0 radical (unpaired) electrons. The highest BCUT2D eigenvalue weighted by molar-refractivity contribution is 7.86. The van der Waals surface area contributed by atoms with Crippen molar-refractivity contribution < 1.29 is 8.42 Å². The Morgan fingerprint density at radius 3 is 1.85 bits per heavy atom. The van der Waals surface area contributed by atoms with Crippen molar-refractivity contribution in [3.8, 4) is 6.07 Å². The molecular weight excluding hydrogens is 190 g/mol. The first-order valence-electron chi connectivity index (χ1n) is 3.74. The topological polar surface area (TPSA) is 64.4 Å². The molecular formula is C7H15N3O2S. The molecule has 76 valence electrons. The summed E-state index contributed by atoms with van der Waals surface area (Å²) in [5.74, 6) is 0. The molecule has 0 N–H and O–H groups in total. The van der Waals surface area contributed by atoms with Crippen LogP contribution < -0.4 is 0 Å². The van der Waals surface area contributed by atoms with Crippen LogP contribution >= 0.6 is 0 Å². The van der Waals surface area contributed by atoms with Crippen LogP contribution in [0.4, 0.5) is 0 Å². The van der Waals surface area contributed by atoms with E-state index in [1.54, 1.807) is 13.8 Å². The Morgan fingerprint density at radius 2 is 1.62 bits per heavy atom. The van der Waals surface area contributed by atoms with Gasteiger partial charge < -0.3 is 0 Å². The molecule has 0 aliphatic heterocycles. The van der Waals surface area contributed by atoms with Crippen LogP contribution in [-0.4, -0.2) is 43.7 Å². The van der Waals surface area contributed by atoms with Crippen LogP contribution in [0.3, 0.4) is 0 Å². The van der Waals surface area contributed by atoms with E-state index in [4.69, 9.17) is 5.26 Å². The highest BCUT2D eigenvalue weighted by atomic mass is 32.2. The Kier molecular flexibility index (Phi) is 3.44. The van der Waals surface area contributed by atoms with E-state index in [0.29, 0.717) is 0 Å². The second kappa shape index (κ2) is 3.62. The molecule has 0 aromatic heterocycles. The Bertz CT molecular complexity index is 313. The summed E-state index contributed by atoms with van der Waals surface area (Å²) in [4.78, 5) is 0. The molecule has 0 aromatic rings. The van der Waals surface area contributed by atoms with Crippen LogP contribution in [0, 0.1) is 11.3 Å². The van der Waals surface area contributed by atoms with Gasteiger partial charge in [0.05, 0.1) is 6.07 Å². The summed E-state index contributed by atoms with van der Waals surface area (Å²) in [6.07, 6.45) is 0. The van der Waals surface area contributed by atoms with Gasteiger partial charge in [-0.1, -0.05) is 0 Å². The van der Waals surface area contributed by atoms with Crippen molar-refractivity contribution in [2.24, 2.45) is 0 Å². The van der Waals surface area contributed by atoms with Gasteiger partial charge in [-0.2, -0.15) is 22.3 Å². The van der Waals surface area contributed by atoms with Gasteiger partial charge >= 0.3 is 0 Å². The molecule has 0 fully saturated rings. The van der Waals surface area contributed by atoms with E-state index >= 15 is 0 Å². The van der Waals surface area contributed by atoms with Crippen molar-refractivity contribution in [3.63, 3.8) is 0 Å². The van der Waals surface area contributed by atoms with Gasteiger partial charge in [-0.05, 0) is 13.8 Å². The zero-order valence-electron chi connectivity index (χ0n) is 8.57. The molecule has 0 spiro atoms. The molecule has 0 aliphatic rings. The smallest absolute Gasteiger partial charge is 0.196 e. The predicted molar refractivity (Wildman–Crippen MR) is 50.1 cm³/mol. The zero-order chi connectivity index (χ0) is 10.9. The van der Waals surface area contributed by atoms with E-state index in [1.165, 1.54) is 21.1 Å². The van der Waals surface area contributed by atoms with Crippen LogP contribution in [0.2, 0.25) is 0 Å². The lowest BCUT2D eigenvalue weighted by molar-refractivity contribution is 0.314. The summed E-state index contributed by atoms with van der Waals surface area (Å²) in [6, 6.07) is 1.92. The van der Waals surface area contributed by atoms with Crippen molar-refractivity contribution in [1.29, 1.82) is 5.26 Å². The maximum absolute atomic E-state index is 11.5. The van der Waals surface area contributed by atoms with Gasteiger partial charge in [0.1, 0.15) is 5.54 Å². The third-order valence-electron chi connectivity index (χ3n) is 1.87. The largest absolute Gasteiger partial charge is 0.282 e. The van der Waals surface area contributed by atoms with Crippen molar-refractivity contribution in [3.05, 3.63) is 0 Å². The van der Waals surface area contributed by atoms with E-state index in [-0.39, 0.29) is 0 Å². The highest BCUT2D eigenvalue weighted by Gasteiger charge is 2.34. The van der Waals surface area contributed by atoms with Crippen molar-refractivity contribution in [2.75, 3.05) is 21.1 Å². The minimum absolute atomic E-state index is 1.02. The Hall–Kier alpha value is -0.640. The Balaban J connectivity index is 5.05. The first-order valence-corrected chi connectivity index (χ1v) is 5.13. The fourth-order valence-electron chi connectivity index (χ4n) is 0.604. The van der Waals surface area contributed by atoms with Crippen molar-refractivity contribution >= 4 is 10.2 Å². The SMILES string of the molecule is CN(C)S(=O)(=O)N(C)C(C)(C)C#N. The second-order valence-corrected chi connectivity index (χ2v) is 5.60. The molecule has 0 bridgehead atoms. The second-order valence-electron chi connectivity index (χ2n) is 3.43. The van der Waals surface area contributed by atoms with Crippen molar-refractivity contribution in [1.82, 2.24) is 8.61 Å². The van der Waals surface area contributed by atoms with Gasteiger partial charge in [0.25, 0.3) is 10.2 Å². The molecule has 0 aliphatic carbocycles. The predicted octanol–water partition coefficient (Wildman–Crippen LogP) is 0.0268. The molecule has 0 atom stereocenters. The summed E-state index contributed by atoms with van der Waals surface area (Å²) in [5.41, 5.74) is -1.02. The molecule has 0 saturated carbocycles. The molecule has 13 heavy (non-hydrogen) atoms. The molecule has 6 heteroatoms.